The Morgan fingerprint density at radius 1 is 1.47 bits per heavy atom. The van der Waals surface area contributed by atoms with Gasteiger partial charge in [-0.15, -0.1) is 11.6 Å². The van der Waals surface area contributed by atoms with Crippen LogP contribution in [0.5, 0.6) is 0 Å². The number of piperidine rings is 1. The van der Waals surface area contributed by atoms with Crippen LogP contribution in [0.15, 0.2) is 0 Å². The molecule has 1 aromatic rings. The average molecular weight is 246 g/mol. The van der Waals surface area contributed by atoms with Crippen LogP contribution in [0.25, 0.3) is 0 Å². The molecule has 1 saturated heterocycles. The third-order valence-electron chi connectivity index (χ3n) is 2.63. The molecule has 0 aliphatic carbocycles. The third kappa shape index (κ3) is 2.82. The summed E-state index contributed by atoms with van der Waals surface area (Å²) in [4.78, 5) is 6.84. The molecule has 2 rings (SSSR count). The number of hydrogen-bond donors (Lipinski definition) is 0. The van der Waals surface area contributed by atoms with Gasteiger partial charge in [0.1, 0.15) is 5.82 Å². The predicted octanol–water partition coefficient (Wildman–Crippen LogP) is 2.70. The van der Waals surface area contributed by atoms with Gasteiger partial charge in [0.15, 0.2) is 0 Å². The second kappa shape index (κ2) is 5.12. The van der Waals surface area contributed by atoms with Gasteiger partial charge >= 0.3 is 0 Å². The lowest BCUT2D eigenvalue weighted by Gasteiger charge is -2.28. The zero-order valence-electron chi connectivity index (χ0n) is 8.95. The van der Waals surface area contributed by atoms with Gasteiger partial charge in [-0.05, 0) is 19.3 Å². The molecule has 1 aliphatic rings. The van der Waals surface area contributed by atoms with Crippen molar-refractivity contribution in [1.29, 1.82) is 0 Å². The fraction of sp³-hybridized carbons (Fsp3) is 0.800. The van der Waals surface area contributed by atoms with E-state index in [4.69, 9.17) is 11.6 Å². The van der Waals surface area contributed by atoms with Gasteiger partial charge in [0.05, 0.1) is 0 Å². The van der Waals surface area contributed by atoms with Gasteiger partial charge < -0.3 is 4.90 Å². The Kier molecular flexibility index (Phi) is 3.81. The van der Waals surface area contributed by atoms with Gasteiger partial charge in [-0.1, -0.05) is 6.92 Å². The van der Waals surface area contributed by atoms with Crippen molar-refractivity contribution in [2.75, 3.05) is 18.0 Å². The van der Waals surface area contributed by atoms with E-state index in [1.807, 2.05) is 0 Å². The van der Waals surface area contributed by atoms with Crippen LogP contribution in [0.3, 0.4) is 0 Å². The summed E-state index contributed by atoms with van der Waals surface area (Å²) in [7, 11) is 0. The molecule has 0 radical (unpaired) electrons. The lowest BCUT2D eigenvalue weighted by atomic mass is 10.1. The Hall–Kier alpha value is -0.350. The number of aryl methyl sites for hydroxylation is 1. The Morgan fingerprint density at radius 2 is 2.20 bits per heavy atom. The fourth-order valence-corrected chi connectivity index (χ4v) is 2.70. The molecule has 1 aromatic heterocycles. The second-order valence-corrected chi connectivity index (χ2v) is 5.25. The zero-order valence-corrected chi connectivity index (χ0v) is 10.5. The summed E-state index contributed by atoms with van der Waals surface area (Å²) >= 11 is 7.58. The largest absolute Gasteiger partial charge is 0.347 e. The number of rotatable bonds is 3. The Labute approximate surface area is 99.6 Å². The average Bonchev–Trinajstić information content (AvgIpc) is 2.68. The highest BCUT2D eigenvalue weighted by Crippen LogP contribution is 2.24. The van der Waals surface area contributed by atoms with Crippen molar-refractivity contribution in [3.05, 3.63) is 5.82 Å². The first-order valence-electron chi connectivity index (χ1n) is 5.51. The van der Waals surface area contributed by atoms with E-state index >= 15 is 0 Å². The summed E-state index contributed by atoms with van der Waals surface area (Å²) in [5.74, 6) is 0.991. The molecule has 3 nitrogen and oxygen atoms in total. The molecule has 0 bridgehead atoms. The first kappa shape index (κ1) is 11.1. The van der Waals surface area contributed by atoms with Crippen LogP contribution in [0, 0.1) is 0 Å². The zero-order chi connectivity index (χ0) is 10.7. The van der Waals surface area contributed by atoms with Crippen LogP contribution >= 0.6 is 23.1 Å². The standard InChI is InChI=1S/C10H16ClN3S/c1-2-3-9-12-10(15-13-9)14-6-4-8(11)5-7-14/h8H,2-7H2,1H3. The lowest BCUT2D eigenvalue weighted by Crippen LogP contribution is -2.33. The minimum Gasteiger partial charge on any atom is -0.347 e. The molecule has 0 atom stereocenters. The number of hydrogen-bond acceptors (Lipinski definition) is 4. The number of alkyl halides is 1. The quantitative estimate of drug-likeness (QED) is 0.767. The van der Waals surface area contributed by atoms with Gasteiger partial charge in [-0.3, -0.25) is 0 Å². The molecule has 15 heavy (non-hydrogen) atoms. The molecular weight excluding hydrogens is 230 g/mol. The van der Waals surface area contributed by atoms with Crippen LogP contribution in [0.4, 0.5) is 5.13 Å². The van der Waals surface area contributed by atoms with E-state index in [0.29, 0.717) is 5.38 Å². The smallest absolute Gasteiger partial charge is 0.205 e. The summed E-state index contributed by atoms with van der Waals surface area (Å²) in [5.41, 5.74) is 0. The van der Waals surface area contributed by atoms with E-state index in [1.165, 1.54) is 11.5 Å². The van der Waals surface area contributed by atoms with Crippen LogP contribution < -0.4 is 4.90 Å². The minimum absolute atomic E-state index is 0.351. The number of halogens is 1. The molecule has 0 spiro atoms. The molecule has 5 heteroatoms. The van der Waals surface area contributed by atoms with Gasteiger partial charge in [0.2, 0.25) is 5.13 Å². The lowest BCUT2D eigenvalue weighted by molar-refractivity contribution is 0.583. The van der Waals surface area contributed by atoms with Crippen molar-refractivity contribution < 1.29 is 0 Å². The molecule has 0 N–H and O–H groups in total. The maximum atomic E-state index is 6.07. The highest BCUT2D eigenvalue weighted by molar-refractivity contribution is 7.09. The first-order chi connectivity index (χ1) is 7.29. The Balaban J connectivity index is 1.96. The molecule has 0 unspecified atom stereocenters. The molecule has 84 valence electrons. The monoisotopic (exact) mass is 245 g/mol. The van der Waals surface area contributed by atoms with Crippen LogP contribution in [-0.4, -0.2) is 27.8 Å². The Bertz CT molecular complexity index is 307. The predicted molar refractivity (Wildman–Crippen MR) is 65.0 cm³/mol. The van der Waals surface area contributed by atoms with Gasteiger partial charge in [-0.2, -0.15) is 4.37 Å². The van der Waals surface area contributed by atoms with E-state index in [9.17, 15) is 0 Å². The summed E-state index contributed by atoms with van der Waals surface area (Å²) in [6.45, 7) is 4.20. The maximum absolute atomic E-state index is 6.07. The minimum atomic E-state index is 0.351. The molecule has 2 heterocycles. The van der Waals surface area contributed by atoms with Crippen molar-refractivity contribution in [2.45, 2.75) is 38.0 Å². The van der Waals surface area contributed by atoms with Gasteiger partial charge in [0.25, 0.3) is 0 Å². The van der Waals surface area contributed by atoms with Crippen molar-refractivity contribution in [1.82, 2.24) is 9.36 Å². The second-order valence-electron chi connectivity index (χ2n) is 3.90. The number of aromatic nitrogens is 2. The molecular formula is C10H16ClN3S. The van der Waals surface area contributed by atoms with E-state index in [0.717, 1.165) is 49.7 Å². The van der Waals surface area contributed by atoms with E-state index < -0.39 is 0 Å². The number of anilines is 1. The van der Waals surface area contributed by atoms with E-state index in [-0.39, 0.29) is 0 Å². The van der Waals surface area contributed by atoms with Crippen molar-refractivity contribution >= 4 is 28.3 Å². The molecule has 0 aromatic carbocycles. The summed E-state index contributed by atoms with van der Waals surface area (Å²) in [6, 6.07) is 0. The number of nitrogens with zero attached hydrogens (tertiary/aromatic N) is 3. The topological polar surface area (TPSA) is 29.0 Å². The maximum Gasteiger partial charge on any atom is 0.205 e. The van der Waals surface area contributed by atoms with E-state index in [1.54, 1.807) is 0 Å². The van der Waals surface area contributed by atoms with Gasteiger partial charge in [-0.25, -0.2) is 4.98 Å². The molecule has 0 amide bonds. The summed E-state index contributed by atoms with van der Waals surface area (Å²) in [5, 5.41) is 1.42. The van der Waals surface area contributed by atoms with Crippen molar-refractivity contribution in [3.8, 4) is 0 Å². The summed E-state index contributed by atoms with van der Waals surface area (Å²) < 4.78 is 4.36. The highest BCUT2D eigenvalue weighted by Gasteiger charge is 2.19. The fourth-order valence-electron chi connectivity index (χ4n) is 1.74. The van der Waals surface area contributed by atoms with Crippen LogP contribution in [0.2, 0.25) is 0 Å². The van der Waals surface area contributed by atoms with Crippen molar-refractivity contribution in [2.24, 2.45) is 0 Å². The van der Waals surface area contributed by atoms with Crippen LogP contribution in [0.1, 0.15) is 32.0 Å². The third-order valence-corrected chi connectivity index (χ3v) is 3.88. The molecule has 1 aliphatic heterocycles. The molecule has 1 fully saturated rings. The van der Waals surface area contributed by atoms with Gasteiger partial charge in [0, 0.05) is 36.4 Å². The SMILES string of the molecule is CCCc1nsc(N2CCC(Cl)CC2)n1. The molecule has 0 saturated carbocycles. The first-order valence-corrected chi connectivity index (χ1v) is 6.72. The van der Waals surface area contributed by atoms with Crippen LogP contribution in [-0.2, 0) is 6.42 Å². The normalized spacial score (nSPS) is 18.4. The highest BCUT2D eigenvalue weighted by atomic mass is 35.5. The van der Waals surface area contributed by atoms with E-state index in [2.05, 4.69) is 21.2 Å². The summed E-state index contributed by atoms with van der Waals surface area (Å²) in [6.07, 6.45) is 4.22. The Morgan fingerprint density at radius 3 is 2.87 bits per heavy atom. The van der Waals surface area contributed by atoms with Crippen molar-refractivity contribution in [3.63, 3.8) is 0 Å².